The van der Waals surface area contributed by atoms with Crippen LogP contribution in [0, 0.1) is 5.41 Å². The number of carboxylic acid groups (broad SMARTS) is 1. The van der Waals surface area contributed by atoms with Crippen LogP contribution >= 0.6 is 0 Å². The Morgan fingerprint density at radius 2 is 2.15 bits per heavy atom. The zero-order chi connectivity index (χ0) is 15.4. The van der Waals surface area contributed by atoms with Gasteiger partial charge in [0.1, 0.15) is 5.54 Å². The van der Waals surface area contributed by atoms with Gasteiger partial charge in [-0.05, 0) is 58.0 Å². The van der Waals surface area contributed by atoms with Crippen LogP contribution in [0.25, 0.3) is 0 Å². The van der Waals surface area contributed by atoms with E-state index in [0.717, 1.165) is 26.1 Å². The van der Waals surface area contributed by atoms with Crippen molar-refractivity contribution in [3.63, 3.8) is 0 Å². The summed E-state index contributed by atoms with van der Waals surface area (Å²) >= 11 is 0. The van der Waals surface area contributed by atoms with Crippen LogP contribution in [-0.2, 0) is 4.79 Å². The first kappa shape index (κ1) is 17.4. The molecular weight excluding hydrogens is 252 g/mol. The van der Waals surface area contributed by atoms with Crippen LogP contribution < -0.4 is 5.32 Å². The molecule has 118 valence electrons. The number of nitrogens with one attached hydrogen (secondary N) is 1. The van der Waals surface area contributed by atoms with E-state index in [1.165, 1.54) is 12.8 Å². The number of aliphatic carboxylic acids is 1. The summed E-state index contributed by atoms with van der Waals surface area (Å²) < 4.78 is 0. The van der Waals surface area contributed by atoms with E-state index in [4.69, 9.17) is 0 Å². The fourth-order valence-electron chi connectivity index (χ4n) is 3.20. The molecule has 0 aromatic rings. The fourth-order valence-corrected chi connectivity index (χ4v) is 3.20. The van der Waals surface area contributed by atoms with Crippen molar-refractivity contribution in [3.8, 4) is 0 Å². The highest BCUT2D eigenvalue weighted by Gasteiger charge is 2.37. The second-order valence-corrected chi connectivity index (χ2v) is 7.36. The molecule has 0 bridgehead atoms. The van der Waals surface area contributed by atoms with Crippen LogP contribution in [0.4, 0.5) is 0 Å². The first-order valence-electron chi connectivity index (χ1n) is 7.93. The normalized spacial score (nSPS) is 24.1. The quantitative estimate of drug-likeness (QED) is 0.755. The van der Waals surface area contributed by atoms with E-state index in [9.17, 15) is 9.90 Å². The Kier molecular flexibility index (Phi) is 6.02. The van der Waals surface area contributed by atoms with E-state index in [-0.39, 0.29) is 0 Å². The Labute approximate surface area is 123 Å². The van der Waals surface area contributed by atoms with E-state index in [1.54, 1.807) is 0 Å². The van der Waals surface area contributed by atoms with Crippen molar-refractivity contribution in [2.75, 3.05) is 19.6 Å². The molecular formula is C16H32N2O2. The predicted molar refractivity (Wildman–Crippen MR) is 83.0 cm³/mol. The average molecular weight is 284 g/mol. The summed E-state index contributed by atoms with van der Waals surface area (Å²) in [7, 11) is 0. The second-order valence-electron chi connectivity index (χ2n) is 7.36. The molecule has 1 rings (SSSR count). The maximum absolute atomic E-state index is 11.6. The molecule has 1 aliphatic heterocycles. The number of carbonyl (C=O) groups is 1. The summed E-state index contributed by atoms with van der Waals surface area (Å²) in [5.74, 6) is -0.742. The molecule has 1 aliphatic rings. The van der Waals surface area contributed by atoms with Gasteiger partial charge in [-0.2, -0.15) is 0 Å². The lowest BCUT2D eigenvalue weighted by molar-refractivity contribution is -0.145. The van der Waals surface area contributed by atoms with Crippen LogP contribution in [0.2, 0.25) is 0 Å². The Morgan fingerprint density at radius 3 is 2.65 bits per heavy atom. The Hall–Kier alpha value is -0.610. The third-order valence-corrected chi connectivity index (χ3v) is 4.49. The molecule has 2 atom stereocenters. The number of hydrogen-bond donors (Lipinski definition) is 2. The first-order valence-corrected chi connectivity index (χ1v) is 7.93. The zero-order valence-electron chi connectivity index (χ0n) is 13.8. The monoisotopic (exact) mass is 284 g/mol. The van der Waals surface area contributed by atoms with E-state index in [0.29, 0.717) is 17.9 Å². The van der Waals surface area contributed by atoms with Crippen molar-refractivity contribution in [2.45, 2.75) is 71.9 Å². The fraction of sp³-hybridized carbons (Fsp3) is 0.938. The van der Waals surface area contributed by atoms with E-state index in [2.05, 4.69) is 37.9 Å². The third kappa shape index (κ3) is 4.74. The van der Waals surface area contributed by atoms with Gasteiger partial charge in [0.25, 0.3) is 0 Å². The number of carboxylic acids is 1. The minimum Gasteiger partial charge on any atom is -0.480 e. The molecule has 0 amide bonds. The van der Waals surface area contributed by atoms with Crippen molar-refractivity contribution in [1.29, 1.82) is 0 Å². The van der Waals surface area contributed by atoms with Crippen LogP contribution in [0.5, 0.6) is 0 Å². The van der Waals surface area contributed by atoms with Crippen LogP contribution in [0.3, 0.4) is 0 Å². The molecule has 0 saturated carbocycles. The summed E-state index contributed by atoms with van der Waals surface area (Å²) in [4.78, 5) is 14.0. The summed E-state index contributed by atoms with van der Waals surface area (Å²) in [5.41, 5.74) is -0.472. The number of nitrogens with zero attached hydrogens (tertiary/aromatic N) is 1. The van der Waals surface area contributed by atoms with E-state index in [1.807, 2.05) is 6.92 Å². The van der Waals surface area contributed by atoms with Crippen molar-refractivity contribution < 1.29 is 9.90 Å². The van der Waals surface area contributed by atoms with Crippen molar-refractivity contribution in [2.24, 2.45) is 5.41 Å². The smallest absolute Gasteiger partial charge is 0.323 e. The molecule has 2 unspecified atom stereocenters. The van der Waals surface area contributed by atoms with Gasteiger partial charge in [-0.3, -0.25) is 4.79 Å². The van der Waals surface area contributed by atoms with Gasteiger partial charge >= 0.3 is 5.97 Å². The predicted octanol–water partition coefficient (Wildman–Crippen LogP) is 2.73. The highest BCUT2D eigenvalue weighted by molar-refractivity contribution is 5.78. The lowest BCUT2D eigenvalue weighted by Crippen LogP contribution is -2.55. The first-order chi connectivity index (χ1) is 9.20. The summed E-state index contributed by atoms with van der Waals surface area (Å²) in [5, 5.41) is 12.7. The molecule has 4 heteroatoms. The molecule has 0 aromatic carbocycles. The SMILES string of the molecule is CCCNC(C)(CC(C)N1CCCC(C)(C)C1)C(=O)O. The molecule has 0 aliphatic carbocycles. The van der Waals surface area contributed by atoms with Crippen LogP contribution in [-0.4, -0.2) is 47.2 Å². The topological polar surface area (TPSA) is 52.6 Å². The van der Waals surface area contributed by atoms with E-state index >= 15 is 0 Å². The van der Waals surface area contributed by atoms with Crippen LogP contribution in [0.1, 0.15) is 60.3 Å². The molecule has 2 N–H and O–H groups in total. The molecule has 1 fully saturated rings. The third-order valence-electron chi connectivity index (χ3n) is 4.49. The lowest BCUT2D eigenvalue weighted by atomic mass is 9.82. The molecule has 0 radical (unpaired) electrons. The maximum atomic E-state index is 11.6. The van der Waals surface area contributed by atoms with Gasteiger partial charge in [0, 0.05) is 12.6 Å². The highest BCUT2D eigenvalue weighted by Crippen LogP contribution is 2.31. The van der Waals surface area contributed by atoms with Gasteiger partial charge in [0.15, 0.2) is 0 Å². The van der Waals surface area contributed by atoms with Gasteiger partial charge in [0.05, 0.1) is 0 Å². The highest BCUT2D eigenvalue weighted by atomic mass is 16.4. The molecule has 20 heavy (non-hydrogen) atoms. The molecule has 0 aromatic heterocycles. The minimum absolute atomic E-state index is 0.292. The van der Waals surface area contributed by atoms with E-state index < -0.39 is 11.5 Å². The Bertz CT molecular complexity index is 330. The Balaban J connectivity index is 2.66. The number of likely N-dealkylation sites (tertiary alicyclic amines) is 1. The van der Waals surface area contributed by atoms with Crippen molar-refractivity contribution in [1.82, 2.24) is 10.2 Å². The summed E-state index contributed by atoms with van der Waals surface area (Å²) in [6, 6.07) is 0.292. The van der Waals surface area contributed by atoms with Gasteiger partial charge < -0.3 is 15.3 Å². The average Bonchev–Trinajstić information content (AvgIpc) is 2.35. The molecule has 4 nitrogen and oxygen atoms in total. The molecule has 1 heterocycles. The molecule has 0 spiro atoms. The summed E-state index contributed by atoms with van der Waals surface area (Å²) in [6.45, 7) is 13.6. The van der Waals surface area contributed by atoms with Gasteiger partial charge in [-0.15, -0.1) is 0 Å². The number of piperidine rings is 1. The van der Waals surface area contributed by atoms with Crippen molar-refractivity contribution >= 4 is 5.97 Å². The lowest BCUT2D eigenvalue weighted by Gasteiger charge is -2.43. The minimum atomic E-state index is -0.822. The molecule has 1 saturated heterocycles. The maximum Gasteiger partial charge on any atom is 0.323 e. The largest absolute Gasteiger partial charge is 0.480 e. The van der Waals surface area contributed by atoms with Gasteiger partial charge in [-0.1, -0.05) is 20.8 Å². The second kappa shape index (κ2) is 6.90. The zero-order valence-corrected chi connectivity index (χ0v) is 13.8. The van der Waals surface area contributed by atoms with Crippen molar-refractivity contribution in [3.05, 3.63) is 0 Å². The number of hydrogen-bond acceptors (Lipinski definition) is 3. The summed E-state index contributed by atoms with van der Waals surface area (Å²) in [6.07, 6.45) is 4.08. The Morgan fingerprint density at radius 1 is 1.50 bits per heavy atom. The van der Waals surface area contributed by atoms with Gasteiger partial charge in [-0.25, -0.2) is 0 Å². The van der Waals surface area contributed by atoms with Gasteiger partial charge in [0.2, 0.25) is 0 Å². The number of rotatable bonds is 7. The standard InChI is InChI=1S/C16H32N2O2/c1-6-9-17-16(5,14(19)20)11-13(2)18-10-7-8-15(3,4)12-18/h13,17H,6-12H2,1-5H3,(H,19,20). The van der Waals surface area contributed by atoms with Crippen LogP contribution in [0.15, 0.2) is 0 Å².